The normalized spacial score (nSPS) is 20.6. The molecule has 39 heavy (non-hydrogen) atoms. The molecule has 2 aliphatic heterocycles. The number of benzene rings is 1. The summed E-state index contributed by atoms with van der Waals surface area (Å²) in [5.74, 6) is 0.599. The van der Waals surface area contributed by atoms with Crippen LogP contribution in [0.25, 0.3) is 0 Å². The third-order valence-electron chi connectivity index (χ3n) is 7.84. The Morgan fingerprint density at radius 2 is 1.92 bits per heavy atom. The second kappa shape index (κ2) is 11.5. The van der Waals surface area contributed by atoms with Crippen LogP contribution in [0, 0.1) is 5.41 Å². The molecule has 0 radical (unpaired) electrons. The SMILES string of the molecule is CSc1ccc(NC(=O)c2ccc(NS(=O)(=O)CCO)cc2N2CCC3(CC2)CC3)nc1N1CCO[C@@H](C)C1. The number of piperidine rings is 1. The third kappa shape index (κ3) is 6.62. The van der Waals surface area contributed by atoms with Crippen LogP contribution in [0.5, 0.6) is 0 Å². The molecule has 1 amide bonds. The molecule has 1 spiro atoms. The van der Waals surface area contributed by atoms with Gasteiger partial charge in [0.25, 0.3) is 5.91 Å². The van der Waals surface area contributed by atoms with Crippen LogP contribution in [0.2, 0.25) is 0 Å². The molecule has 12 heteroatoms. The number of carbonyl (C=O) groups is 1. The van der Waals surface area contributed by atoms with Crippen molar-refractivity contribution < 1.29 is 23.1 Å². The van der Waals surface area contributed by atoms with Crippen LogP contribution < -0.4 is 19.8 Å². The number of hydrogen-bond donors (Lipinski definition) is 3. The van der Waals surface area contributed by atoms with Crippen LogP contribution in [0.15, 0.2) is 35.2 Å². The van der Waals surface area contributed by atoms with Crippen molar-refractivity contribution in [2.75, 3.05) is 71.2 Å². The molecule has 3 aliphatic rings. The molecular weight excluding hydrogens is 538 g/mol. The van der Waals surface area contributed by atoms with Crippen LogP contribution in [-0.4, -0.2) is 81.9 Å². The average molecular weight is 576 g/mol. The summed E-state index contributed by atoms with van der Waals surface area (Å²) < 4.78 is 32.8. The van der Waals surface area contributed by atoms with E-state index in [-0.39, 0.29) is 12.0 Å². The Hall–Kier alpha value is -2.54. The number of amides is 1. The molecule has 3 N–H and O–H groups in total. The number of carbonyl (C=O) groups excluding carboxylic acids is 1. The van der Waals surface area contributed by atoms with Crippen molar-refractivity contribution in [3.8, 4) is 0 Å². The number of anilines is 4. The number of sulfonamides is 1. The van der Waals surface area contributed by atoms with Gasteiger partial charge in [-0.1, -0.05) is 0 Å². The first kappa shape index (κ1) is 28.0. The zero-order valence-electron chi connectivity index (χ0n) is 22.5. The predicted octanol–water partition coefficient (Wildman–Crippen LogP) is 3.40. The minimum atomic E-state index is -3.69. The number of aromatic nitrogens is 1. The minimum absolute atomic E-state index is 0.101. The standard InChI is InChI=1S/C27H37N5O5S2/c1-19-18-32(13-15-37-19)25-23(38-2)5-6-24(28-25)29-26(34)21-4-3-20(30-39(35,36)16-14-33)17-22(21)31-11-9-27(7-8-27)10-12-31/h3-6,17,19,30,33H,7-16,18H2,1-2H3,(H,28,29,34)/t19-/m0/s1. The highest BCUT2D eigenvalue weighted by molar-refractivity contribution is 7.98. The van der Waals surface area contributed by atoms with Gasteiger partial charge in [0.05, 0.1) is 42.0 Å². The molecule has 1 aliphatic carbocycles. The van der Waals surface area contributed by atoms with Gasteiger partial charge < -0.3 is 25.0 Å². The first-order chi connectivity index (χ1) is 18.7. The zero-order valence-corrected chi connectivity index (χ0v) is 24.1. The van der Waals surface area contributed by atoms with Gasteiger partial charge in [0, 0.05) is 31.1 Å². The molecule has 0 bridgehead atoms. The molecule has 2 saturated heterocycles. The summed E-state index contributed by atoms with van der Waals surface area (Å²) in [5, 5.41) is 12.1. The smallest absolute Gasteiger partial charge is 0.258 e. The monoisotopic (exact) mass is 575 g/mol. The Labute approximate surface area is 234 Å². The molecule has 10 nitrogen and oxygen atoms in total. The number of rotatable bonds is 9. The minimum Gasteiger partial charge on any atom is -0.395 e. The highest BCUT2D eigenvalue weighted by Crippen LogP contribution is 2.54. The van der Waals surface area contributed by atoms with Crippen molar-refractivity contribution in [2.45, 2.75) is 43.6 Å². The van der Waals surface area contributed by atoms with Crippen LogP contribution in [0.3, 0.4) is 0 Å². The van der Waals surface area contributed by atoms with Gasteiger partial charge in [-0.25, -0.2) is 13.4 Å². The molecular formula is C27H37N5O5S2. The van der Waals surface area contributed by atoms with E-state index < -0.39 is 22.4 Å². The van der Waals surface area contributed by atoms with Crippen molar-refractivity contribution in [1.82, 2.24) is 4.98 Å². The number of aliphatic hydroxyl groups is 1. The maximum atomic E-state index is 13.6. The van der Waals surface area contributed by atoms with Crippen LogP contribution in [0.1, 0.15) is 43.0 Å². The average Bonchev–Trinajstić information content (AvgIpc) is 3.67. The molecule has 2 aromatic rings. The van der Waals surface area contributed by atoms with Crippen molar-refractivity contribution in [1.29, 1.82) is 0 Å². The number of thioether (sulfide) groups is 1. The number of nitrogens with one attached hydrogen (secondary N) is 2. The van der Waals surface area contributed by atoms with Gasteiger partial charge in [0.15, 0.2) is 0 Å². The highest BCUT2D eigenvalue weighted by Gasteiger charge is 2.44. The molecule has 0 unspecified atom stereocenters. The van der Waals surface area contributed by atoms with Gasteiger partial charge in [-0.05, 0) is 74.6 Å². The number of hydrogen-bond acceptors (Lipinski definition) is 9. The fourth-order valence-corrected chi connectivity index (χ4v) is 6.77. The van der Waals surface area contributed by atoms with Gasteiger partial charge in [-0.3, -0.25) is 9.52 Å². The summed E-state index contributed by atoms with van der Waals surface area (Å²) in [6.45, 7) is 5.28. The van der Waals surface area contributed by atoms with Crippen molar-refractivity contribution in [2.24, 2.45) is 5.41 Å². The largest absolute Gasteiger partial charge is 0.395 e. The number of ether oxygens (including phenoxy) is 1. The van der Waals surface area contributed by atoms with Gasteiger partial charge in [-0.2, -0.15) is 0 Å². The molecule has 1 aromatic carbocycles. The summed E-state index contributed by atoms with van der Waals surface area (Å²) >= 11 is 1.61. The van der Waals surface area contributed by atoms with Crippen molar-refractivity contribution in [3.63, 3.8) is 0 Å². The third-order valence-corrected chi connectivity index (χ3v) is 9.86. The number of morpholine rings is 1. The van der Waals surface area contributed by atoms with Crippen LogP contribution in [0.4, 0.5) is 23.0 Å². The van der Waals surface area contributed by atoms with E-state index in [4.69, 9.17) is 14.8 Å². The second-order valence-corrected chi connectivity index (χ2v) is 13.4. The van der Waals surface area contributed by atoms with E-state index >= 15 is 0 Å². The van der Waals surface area contributed by atoms with E-state index in [0.717, 1.165) is 49.7 Å². The summed E-state index contributed by atoms with van der Waals surface area (Å²) in [5.41, 5.74) is 1.97. The second-order valence-electron chi connectivity index (χ2n) is 10.7. The van der Waals surface area contributed by atoms with E-state index in [9.17, 15) is 13.2 Å². The number of nitrogens with zero attached hydrogens (tertiary/aromatic N) is 3. The predicted molar refractivity (Wildman–Crippen MR) is 156 cm³/mol. The van der Waals surface area contributed by atoms with Crippen molar-refractivity contribution in [3.05, 3.63) is 35.9 Å². The Morgan fingerprint density at radius 3 is 2.59 bits per heavy atom. The fourth-order valence-electron chi connectivity index (χ4n) is 5.38. The lowest BCUT2D eigenvalue weighted by atomic mass is 9.93. The van der Waals surface area contributed by atoms with E-state index in [1.165, 1.54) is 12.8 Å². The first-order valence-electron chi connectivity index (χ1n) is 13.4. The highest BCUT2D eigenvalue weighted by atomic mass is 32.2. The number of aliphatic hydroxyl groups excluding tert-OH is 1. The Bertz CT molecular complexity index is 1310. The lowest BCUT2D eigenvalue weighted by Crippen LogP contribution is -2.41. The Morgan fingerprint density at radius 1 is 1.15 bits per heavy atom. The van der Waals surface area contributed by atoms with Gasteiger partial charge in [0.1, 0.15) is 11.6 Å². The molecule has 3 heterocycles. The quantitative estimate of drug-likeness (QED) is 0.386. The number of pyridine rings is 1. The lowest BCUT2D eigenvalue weighted by Gasteiger charge is -2.35. The maximum Gasteiger partial charge on any atom is 0.258 e. The van der Waals surface area contributed by atoms with Gasteiger partial charge in [-0.15, -0.1) is 11.8 Å². The lowest BCUT2D eigenvalue weighted by molar-refractivity contribution is 0.0527. The summed E-state index contributed by atoms with van der Waals surface area (Å²) in [4.78, 5) is 23.8. The zero-order chi connectivity index (χ0) is 27.6. The topological polar surface area (TPSA) is 124 Å². The van der Waals surface area contributed by atoms with Crippen molar-refractivity contribution >= 4 is 50.7 Å². The van der Waals surface area contributed by atoms with E-state index in [2.05, 4.69) is 19.8 Å². The molecule has 5 rings (SSSR count). The maximum absolute atomic E-state index is 13.6. The molecule has 1 aromatic heterocycles. The molecule has 1 saturated carbocycles. The molecule has 3 fully saturated rings. The van der Waals surface area contributed by atoms with Crippen LogP contribution in [-0.2, 0) is 14.8 Å². The van der Waals surface area contributed by atoms with Gasteiger partial charge in [0.2, 0.25) is 10.0 Å². The van der Waals surface area contributed by atoms with E-state index in [0.29, 0.717) is 34.8 Å². The van der Waals surface area contributed by atoms with Gasteiger partial charge >= 0.3 is 0 Å². The summed E-state index contributed by atoms with van der Waals surface area (Å²) in [6, 6.07) is 8.75. The molecule has 212 valence electrons. The van der Waals surface area contributed by atoms with E-state index in [1.54, 1.807) is 30.0 Å². The van der Waals surface area contributed by atoms with E-state index in [1.807, 2.05) is 25.3 Å². The summed E-state index contributed by atoms with van der Waals surface area (Å²) in [6.07, 6.45) is 6.76. The van der Waals surface area contributed by atoms with Crippen LogP contribution >= 0.6 is 11.8 Å². The Kier molecular flexibility index (Phi) is 8.27. The fraction of sp³-hybridized carbons (Fsp3) is 0.556. The summed E-state index contributed by atoms with van der Waals surface area (Å²) in [7, 11) is -3.69. The molecule has 1 atom stereocenters. The Balaban J connectivity index is 1.41. The first-order valence-corrected chi connectivity index (χ1v) is 16.3.